The largest absolute Gasteiger partial charge is 0.289 e. The average Bonchev–Trinajstić information content (AvgIpc) is 2.46. The van der Waals surface area contributed by atoms with E-state index in [4.69, 9.17) is 0 Å². The molecule has 0 fully saturated rings. The molecular formula is C15H9FN2O. The summed E-state index contributed by atoms with van der Waals surface area (Å²) in [6.45, 7) is 0. The number of pyridine rings is 2. The molecule has 0 saturated carbocycles. The van der Waals surface area contributed by atoms with Crippen LogP contribution in [0.25, 0.3) is 10.9 Å². The van der Waals surface area contributed by atoms with E-state index in [0.717, 1.165) is 17.1 Å². The molecule has 4 heteroatoms. The van der Waals surface area contributed by atoms with E-state index >= 15 is 0 Å². The van der Waals surface area contributed by atoms with Crippen LogP contribution in [0.4, 0.5) is 4.39 Å². The van der Waals surface area contributed by atoms with Crippen LogP contribution in [-0.2, 0) is 0 Å². The lowest BCUT2D eigenvalue weighted by Gasteiger charge is -2.04. The molecule has 0 unspecified atom stereocenters. The Morgan fingerprint density at radius 3 is 2.79 bits per heavy atom. The van der Waals surface area contributed by atoms with E-state index in [-0.39, 0.29) is 11.3 Å². The third kappa shape index (κ3) is 2.08. The lowest BCUT2D eigenvalue weighted by Crippen LogP contribution is -2.03. The van der Waals surface area contributed by atoms with E-state index in [1.54, 1.807) is 12.3 Å². The summed E-state index contributed by atoms with van der Waals surface area (Å²) in [5.41, 5.74) is 1.46. The number of nitrogens with zero attached hydrogens (tertiary/aromatic N) is 2. The van der Waals surface area contributed by atoms with Gasteiger partial charge in [0.25, 0.3) is 0 Å². The van der Waals surface area contributed by atoms with Crippen molar-refractivity contribution in [3.63, 3.8) is 0 Å². The number of aromatic nitrogens is 2. The van der Waals surface area contributed by atoms with Gasteiger partial charge in [-0.25, -0.2) is 4.39 Å². The molecule has 0 amide bonds. The molecule has 0 bridgehead atoms. The molecule has 2 heterocycles. The Hall–Kier alpha value is -2.62. The second-order valence-electron chi connectivity index (χ2n) is 4.10. The Kier molecular flexibility index (Phi) is 2.76. The van der Waals surface area contributed by atoms with Crippen molar-refractivity contribution in [3.8, 4) is 0 Å². The minimum atomic E-state index is -0.524. The molecular weight excluding hydrogens is 243 g/mol. The van der Waals surface area contributed by atoms with Crippen molar-refractivity contribution in [2.75, 3.05) is 0 Å². The number of benzene rings is 1. The van der Waals surface area contributed by atoms with Crippen molar-refractivity contribution >= 4 is 16.7 Å². The van der Waals surface area contributed by atoms with Gasteiger partial charge >= 0.3 is 0 Å². The van der Waals surface area contributed by atoms with Gasteiger partial charge in [0.2, 0.25) is 0 Å². The fourth-order valence-electron chi connectivity index (χ4n) is 1.99. The fourth-order valence-corrected chi connectivity index (χ4v) is 1.99. The van der Waals surface area contributed by atoms with Gasteiger partial charge in [-0.05, 0) is 18.2 Å². The van der Waals surface area contributed by atoms with Gasteiger partial charge < -0.3 is 0 Å². The summed E-state index contributed by atoms with van der Waals surface area (Å²) < 4.78 is 13.1. The van der Waals surface area contributed by atoms with E-state index in [1.165, 1.54) is 12.3 Å². The van der Waals surface area contributed by atoms with Crippen molar-refractivity contribution in [2.24, 2.45) is 0 Å². The zero-order chi connectivity index (χ0) is 13.2. The van der Waals surface area contributed by atoms with Crippen molar-refractivity contribution < 1.29 is 9.18 Å². The highest BCUT2D eigenvalue weighted by Crippen LogP contribution is 2.19. The second kappa shape index (κ2) is 4.57. The van der Waals surface area contributed by atoms with Gasteiger partial charge in [-0.15, -0.1) is 0 Å². The first-order valence-electron chi connectivity index (χ1n) is 5.75. The second-order valence-corrected chi connectivity index (χ2v) is 4.10. The minimum Gasteiger partial charge on any atom is -0.289 e. The summed E-state index contributed by atoms with van der Waals surface area (Å²) in [6.07, 6.45) is 4.00. The number of fused-ring (bicyclic) bond motifs is 1. The molecule has 3 rings (SSSR count). The lowest BCUT2D eigenvalue weighted by molar-refractivity contribution is 0.103. The zero-order valence-corrected chi connectivity index (χ0v) is 9.88. The van der Waals surface area contributed by atoms with E-state index in [1.807, 2.05) is 24.3 Å². The first kappa shape index (κ1) is 11.5. The maximum absolute atomic E-state index is 13.1. The monoisotopic (exact) mass is 252 g/mol. The molecule has 19 heavy (non-hydrogen) atoms. The quantitative estimate of drug-likeness (QED) is 0.658. The van der Waals surface area contributed by atoms with Gasteiger partial charge in [-0.2, -0.15) is 0 Å². The Morgan fingerprint density at radius 2 is 1.95 bits per heavy atom. The molecule has 0 N–H and O–H groups in total. The highest BCUT2D eigenvalue weighted by Gasteiger charge is 2.13. The topological polar surface area (TPSA) is 42.9 Å². The first-order valence-corrected chi connectivity index (χ1v) is 5.75. The third-order valence-electron chi connectivity index (χ3n) is 2.86. The van der Waals surface area contributed by atoms with Gasteiger partial charge in [0, 0.05) is 28.9 Å². The number of halogens is 1. The third-order valence-corrected chi connectivity index (χ3v) is 2.86. The van der Waals surface area contributed by atoms with Crippen molar-refractivity contribution in [1.29, 1.82) is 0 Å². The zero-order valence-electron chi connectivity index (χ0n) is 9.88. The molecule has 0 aliphatic heterocycles. The SMILES string of the molecule is O=C(c1cncc(F)c1)c1ccnc2ccccc12. The molecule has 3 nitrogen and oxygen atoms in total. The van der Waals surface area contributed by atoms with Gasteiger partial charge in [-0.1, -0.05) is 18.2 Å². The molecule has 2 aromatic heterocycles. The first-order chi connectivity index (χ1) is 9.25. The molecule has 0 aliphatic rings. The number of para-hydroxylation sites is 1. The van der Waals surface area contributed by atoms with Crippen LogP contribution in [0.5, 0.6) is 0 Å². The molecule has 1 aromatic carbocycles. The maximum Gasteiger partial charge on any atom is 0.195 e. The minimum absolute atomic E-state index is 0.233. The van der Waals surface area contributed by atoms with E-state index in [9.17, 15) is 9.18 Å². The van der Waals surface area contributed by atoms with E-state index in [2.05, 4.69) is 9.97 Å². The highest BCUT2D eigenvalue weighted by atomic mass is 19.1. The molecule has 0 saturated heterocycles. The van der Waals surface area contributed by atoms with Crippen LogP contribution in [0, 0.1) is 5.82 Å². The number of hydrogen-bond acceptors (Lipinski definition) is 3. The molecule has 92 valence electrons. The van der Waals surface area contributed by atoms with Crippen LogP contribution >= 0.6 is 0 Å². The lowest BCUT2D eigenvalue weighted by atomic mass is 10.0. The van der Waals surface area contributed by atoms with Crippen LogP contribution in [0.15, 0.2) is 55.0 Å². The Morgan fingerprint density at radius 1 is 1.11 bits per heavy atom. The summed E-state index contributed by atoms with van der Waals surface area (Å²) in [7, 11) is 0. The van der Waals surface area contributed by atoms with Gasteiger partial charge in [0.1, 0.15) is 5.82 Å². The highest BCUT2D eigenvalue weighted by molar-refractivity contribution is 6.15. The number of hydrogen-bond donors (Lipinski definition) is 0. The molecule has 0 radical (unpaired) electrons. The number of carbonyl (C=O) groups is 1. The maximum atomic E-state index is 13.1. The predicted octanol–water partition coefficient (Wildman–Crippen LogP) is 3.00. The van der Waals surface area contributed by atoms with Crippen molar-refractivity contribution in [3.05, 3.63) is 71.9 Å². The summed E-state index contributed by atoms with van der Waals surface area (Å²) in [4.78, 5) is 20.3. The fraction of sp³-hybridized carbons (Fsp3) is 0. The van der Waals surface area contributed by atoms with Crippen molar-refractivity contribution in [2.45, 2.75) is 0 Å². The molecule has 0 spiro atoms. The smallest absolute Gasteiger partial charge is 0.195 e. The van der Waals surface area contributed by atoms with E-state index in [0.29, 0.717) is 5.56 Å². The number of carbonyl (C=O) groups excluding carboxylic acids is 1. The summed E-state index contributed by atoms with van der Waals surface area (Å²) >= 11 is 0. The number of rotatable bonds is 2. The van der Waals surface area contributed by atoms with Crippen LogP contribution in [0.1, 0.15) is 15.9 Å². The van der Waals surface area contributed by atoms with Crippen LogP contribution in [-0.4, -0.2) is 15.8 Å². The standard InChI is InChI=1S/C15H9FN2O/c16-11-7-10(8-17-9-11)15(19)13-5-6-18-14-4-2-1-3-12(13)14/h1-9H. The summed E-state index contributed by atoms with van der Waals surface area (Å²) in [6, 6.07) is 10.2. The van der Waals surface area contributed by atoms with Gasteiger partial charge in [0.15, 0.2) is 5.78 Å². The number of ketones is 1. The van der Waals surface area contributed by atoms with E-state index < -0.39 is 5.82 Å². The van der Waals surface area contributed by atoms with Crippen LogP contribution in [0.3, 0.4) is 0 Å². The molecule has 0 aliphatic carbocycles. The molecule has 3 aromatic rings. The predicted molar refractivity (Wildman–Crippen MR) is 69.4 cm³/mol. The average molecular weight is 252 g/mol. The van der Waals surface area contributed by atoms with Crippen LogP contribution in [0.2, 0.25) is 0 Å². The Balaban J connectivity index is 2.17. The molecule has 0 atom stereocenters. The van der Waals surface area contributed by atoms with Crippen molar-refractivity contribution in [1.82, 2.24) is 9.97 Å². The van der Waals surface area contributed by atoms with Crippen LogP contribution < -0.4 is 0 Å². The Labute approximate surface area is 108 Å². The van der Waals surface area contributed by atoms with Gasteiger partial charge in [0.05, 0.1) is 11.7 Å². The van der Waals surface area contributed by atoms with Gasteiger partial charge in [-0.3, -0.25) is 14.8 Å². The summed E-state index contributed by atoms with van der Waals surface area (Å²) in [5.74, 6) is -0.783. The Bertz CT molecular complexity index is 765. The summed E-state index contributed by atoms with van der Waals surface area (Å²) in [5, 5.41) is 0.749. The normalized spacial score (nSPS) is 10.6.